The van der Waals surface area contributed by atoms with Crippen molar-refractivity contribution in [3.63, 3.8) is 0 Å². The summed E-state index contributed by atoms with van der Waals surface area (Å²) in [6, 6.07) is 6.49. The second-order valence-electron chi connectivity index (χ2n) is 9.76. The Balaban J connectivity index is 2.09. The van der Waals surface area contributed by atoms with Gasteiger partial charge in [-0.25, -0.2) is 14.5 Å². The van der Waals surface area contributed by atoms with Crippen molar-refractivity contribution >= 4 is 34.9 Å². The molecule has 0 aliphatic carbocycles. The van der Waals surface area contributed by atoms with Gasteiger partial charge in [-0.1, -0.05) is 43.1 Å². The van der Waals surface area contributed by atoms with E-state index in [2.05, 4.69) is 15.3 Å². The molecule has 3 heterocycles. The number of aryl methyl sites for hydroxylation is 2. The van der Waals surface area contributed by atoms with Crippen molar-refractivity contribution in [3.05, 3.63) is 85.1 Å². The smallest absolute Gasteiger partial charge is 0.359 e. The molecule has 0 radical (unpaired) electrons. The topological polar surface area (TPSA) is 122 Å². The van der Waals surface area contributed by atoms with Crippen LogP contribution >= 0.6 is 23.2 Å². The van der Waals surface area contributed by atoms with E-state index >= 15 is 0 Å². The van der Waals surface area contributed by atoms with Crippen molar-refractivity contribution in [1.82, 2.24) is 24.3 Å². The Morgan fingerprint density at radius 1 is 1.14 bits per heavy atom. The molecule has 1 unspecified atom stereocenters. The number of nitrogens with zero attached hydrogens (tertiary/aromatic N) is 5. The lowest BCUT2D eigenvalue weighted by molar-refractivity contribution is 0.0517. The van der Waals surface area contributed by atoms with Gasteiger partial charge in [0.05, 0.1) is 44.4 Å². The van der Waals surface area contributed by atoms with E-state index in [1.54, 1.807) is 37.0 Å². The molecule has 4 rings (SSSR count). The first-order valence-corrected chi connectivity index (χ1v) is 13.9. The lowest BCUT2D eigenvalue weighted by atomic mass is 9.90. The predicted molar refractivity (Wildman–Crippen MR) is 161 cm³/mol. The first-order chi connectivity index (χ1) is 20.0. The van der Waals surface area contributed by atoms with Crippen LogP contribution in [0.3, 0.4) is 0 Å². The van der Waals surface area contributed by atoms with Gasteiger partial charge < -0.3 is 24.1 Å². The number of ether oxygens (including phenoxy) is 3. The zero-order chi connectivity index (χ0) is 30.7. The first-order valence-electron chi connectivity index (χ1n) is 13.1. The van der Waals surface area contributed by atoms with E-state index in [4.69, 9.17) is 42.5 Å². The van der Waals surface area contributed by atoms with Gasteiger partial charge in [0, 0.05) is 23.8 Å². The van der Waals surface area contributed by atoms with Crippen LogP contribution in [0, 0.1) is 6.92 Å². The Labute approximate surface area is 253 Å². The van der Waals surface area contributed by atoms with Gasteiger partial charge in [0.15, 0.2) is 5.69 Å². The molecule has 1 aromatic carbocycles. The van der Waals surface area contributed by atoms with E-state index in [-0.39, 0.29) is 40.7 Å². The number of hydrogen-bond acceptors (Lipinski definition) is 9. The van der Waals surface area contributed by atoms with Crippen molar-refractivity contribution in [2.75, 3.05) is 26.1 Å². The van der Waals surface area contributed by atoms with Crippen molar-refractivity contribution in [3.8, 4) is 17.6 Å². The van der Waals surface area contributed by atoms with Gasteiger partial charge in [-0.2, -0.15) is 10.1 Å². The number of carbonyl (C=O) groups is 1. The molecule has 1 atom stereocenters. The van der Waals surface area contributed by atoms with Crippen molar-refractivity contribution in [2.24, 2.45) is 7.05 Å². The molecule has 42 heavy (non-hydrogen) atoms. The molecule has 1 N–H and O–H groups in total. The third-order valence-corrected chi connectivity index (χ3v) is 7.08. The normalized spacial score (nSPS) is 11.9. The number of aromatic nitrogens is 5. The molecule has 11 nitrogen and oxygen atoms in total. The van der Waals surface area contributed by atoms with E-state index in [0.29, 0.717) is 27.7 Å². The van der Waals surface area contributed by atoms with Gasteiger partial charge in [0.2, 0.25) is 5.88 Å². The van der Waals surface area contributed by atoms with Crippen LogP contribution in [0.2, 0.25) is 10.0 Å². The molecule has 0 aliphatic rings. The molecule has 3 aromatic heterocycles. The lowest BCUT2D eigenvalue weighted by Gasteiger charge is -2.25. The molecule has 4 aromatic rings. The average Bonchev–Trinajstić information content (AvgIpc) is 3.35. The standard InChI is InChI=1S/C29H32Cl2N6O5/c1-8-42-28(39)24-22(25(15(2)3)37(35-24)21-13-32-29(41-7)34-26(21)40-6)23(19-10-9-17(30)11-16(19)4)33-18-12-20(31)27(38)36(5)14-18/h9-15,23,33H,8H2,1-7H3. The minimum absolute atomic E-state index is 0.0413. The van der Waals surface area contributed by atoms with Gasteiger partial charge >= 0.3 is 12.0 Å². The van der Waals surface area contributed by atoms with Crippen LogP contribution in [0.15, 0.2) is 41.5 Å². The molecule has 0 saturated carbocycles. The second kappa shape index (κ2) is 12.8. The number of anilines is 1. The molecule has 0 amide bonds. The summed E-state index contributed by atoms with van der Waals surface area (Å²) in [4.78, 5) is 34.4. The maximum Gasteiger partial charge on any atom is 0.359 e. The van der Waals surface area contributed by atoms with E-state index in [9.17, 15) is 9.59 Å². The summed E-state index contributed by atoms with van der Waals surface area (Å²) in [6.45, 7) is 7.76. The summed E-state index contributed by atoms with van der Waals surface area (Å²) in [5.41, 5.74) is 3.59. The minimum Gasteiger partial charge on any atom is -0.479 e. The van der Waals surface area contributed by atoms with Crippen molar-refractivity contribution in [2.45, 2.75) is 39.7 Å². The Morgan fingerprint density at radius 3 is 2.48 bits per heavy atom. The summed E-state index contributed by atoms with van der Waals surface area (Å²) in [6.07, 6.45) is 3.15. The lowest BCUT2D eigenvalue weighted by Crippen LogP contribution is -2.22. The third kappa shape index (κ3) is 6.07. The quantitative estimate of drug-likeness (QED) is 0.231. The molecule has 0 spiro atoms. The first kappa shape index (κ1) is 30.9. The fourth-order valence-corrected chi connectivity index (χ4v) is 5.22. The van der Waals surface area contributed by atoms with E-state index in [0.717, 1.165) is 11.1 Å². The average molecular weight is 616 g/mol. The number of nitrogens with one attached hydrogen (secondary N) is 1. The Hall–Kier alpha value is -4.09. The number of methoxy groups -OCH3 is 2. The highest BCUT2D eigenvalue weighted by Crippen LogP contribution is 2.39. The Bertz CT molecular complexity index is 1660. The minimum atomic E-state index is -0.661. The molecular formula is C29H32Cl2N6O5. The van der Waals surface area contributed by atoms with Gasteiger partial charge in [-0.05, 0) is 49.1 Å². The Morgan fingerprint density at radius 2 is 1.88 bits per heavy atom. The number of hydrogen-bond donors (Lipinski definition) is 1. The molecular weight excluding hydrogens is 583 g/mol. The van der Waals surface area contributed by atoms with Crippen LogP contribution in [0.25, 0.3) is 5.69 Å². The van der Waals surface area contributed by atoms with E-state index in [1.165, 1.54) is 25.0 Å². The number of pyridine rings is 1. The molecule has 0 bridgehead atoms. The maximum atomic E-state index is 13.5. The highest BCUT2D eigenvalue weighted by molar-refractivity contribution is 6.31. The maximum absolute atomic E-state index is 13.5. The Kier molecular flexibility index (Phi) is 9.43. The monoisotopic (exact) mass is 614 g/mol. The van der Waals surface area contributed by atoms with Crippen LogP contribution in [-0.2, 0) is 11.8 Å². The number of rotatable bonds is 10. The molecule has 0 saturated heterocycles. The predicted octanol–water partition coefficient (Wildman–Crippen LogP) is 5.50. The number of benzene rings is 1. The highest BCUT2D eigenvalue weighted by Gasteiger charge is 2.34. The summed E-state index contributed by atoms with van der Waals surface area (Å²) in [5.74, 6) is -0.577. The van der Waals surface area contributed by atoms with Gasteiger partial charge in [-0.15, -0.1) is 0 Å². The van der Waals surface area contributed by atoms with Crippen LogP contribution in [0.4, 0.5) is 5.69 Å². The molecule has 0 aliphatic heterocycles. The SMILES string of the molecule is CCOC(=O)c1nn(-c2cnc(OC)nc2OC)c(C(C)C)c1C(Nc1cc(Cl)c(=O)n(C)c1)c1ccc(Cl)cc1C. The van der Waals surface area contributed by atoms with Crippen molar-refractivity contribution in [1.29, 1.82) is 0 Å². The number of carbonyl (C=O) groups excluding carboxylic acids is 1. The zero-order valence-corrected chi connectivity index (χ0v) is 25.9. The van der Waals surface area contributed by atoms with Crippen LogP contribution in [0.5, 0.6) is 11.9 Å². The van der Waals surface area contributed by atoms with Gasteiger partial charge in [0.25, 0.3) is 5.56 Å². The van der Waals surface area contributed by atoms with E-state index < -0.39 is 12.0 Å². The summed E-state index contributed by atoms with van der Waals surface area (Å²) < 4.78 is 19.2. The van der Waals surface area contributed by atoms with Gasteiger partial charge in [-0.3, -0.25) is 4.79 Å². The number of esters is 1. The summed E-state index contributed by atoms with van der Waals surface area (Å²) in [7, 11) is 4.54. The largest absolute Gasteiger partial charge is 0.479 e. The third-order valence-electron chi connectivity index (χ3n) is 6.57. The molecule has 222 valence electrons. The highest BCUT2D eigenvalue weighted by atomic mass is 35.5. The van der Waals surface area contributed by atoms with E-state index in [1.807, 2.05) is 32.9 Å². The van der Waals surface area contributed by atoms with Crippen LogP contribution in [-0.4, -0.2) is 51.1 Å². The van der Waals surface area contributed by atoms with Crippen LogP contribution < -0.4 is 20.3 Å². The molecule has 13 heteroatoms. The second-order valence-corrected chi connectivity index (χ2v) is 10.6. The van der Waals surface area contributed by atoms with Crippen molar-refractivity contribution < 1.29 is 19.0 Å². The fraction of sp³-hybridized carbons (Fsp3) is 0.345. The van der Waals surface area contributed by atoms with Gasteiger partial charge in [0.1, 0.15) is 10.7 Å². The van der Waals surface area contributed by atoms with Crippen LogP contribution in [0.1, 0.15) is 65.6 Å². The zero-order valence-electron chi connectivity index (χ0n) is 24.4. The summed E-state index contributed by atoms with van der Waals surface area (Å²) in [5, 5.41) is 8.86. The fourth-order valence-electron chi connectivity index (χ4n) is 4.74. The number of halogens is 2. The summed E-state index contributed by atoms with van der Waals surface area (Å²) >= 11 is 12.6. The molecule has 0 fully saturated rings.